The molecule has 0 aliphatic carbocycles. The number of benzene rings is 1. The number of anilines is 2. The fourth-order valence-electron chi connectivity index (χ4n) is 1.50. The van der Waals surface area contributed by atoms with Gasteiger partial charge in [-0.1, -0.05) is 11.3 Å². The quantitative estimate of drug-likeness (QED) is 0.826. The standard InChI is InChI=1S/C12H16N4OS/c1-16(2)6-5-11(17)15-12-14-9-4-3-8(13)7-10(9)18-12/h3-4,7H,5-6,13H2,1-2H3,(H,14,15,17). The summed E-state index contributed by atoms with van der Waals surface area (Å²) in [6.45, 7) is 0.726. The number of nitrogens with one attached hydrogen (secondary N) is 1. The molecule has 1 aromatic carbocycles. The van der Waals surface area contributed by atoms with Crippen molar-refractivity contribution < 1.29 is 4.79 Å². The lowest BCUT2D eigenvalue weighted by molar-refractivity contribution is -0.116. The number of hydrogen-bond donors (Lipinski definition) is 2. The van der Waals surface area contributed by atoms with Gasteiger partial charge in [0, 0.05) is 18.7 Å². The molecule has 0 bridgehead atoms. The van der Waals surface area contributed by atoms with Crippen LogP contribution >= 0.6 is 11.3 Å². The summed E-state index contributed by atoms with van der Waals surface area (Å²) in [6, 6.07) is 5.53. The SMILES string of the molecule is CN(C)CCC(=O)Nc1nc2ccc(N)cc2s1. The van der Waals surface area contributed by atoms with Gasteiger partial charge < -0.3 is 16.0 Å². The minimum atomic E-state index is -0.0178. The number of thiazole rings is 1. The first-order valence-electron chi connectivity index (χ1n) is 5.65. The molecule has 0 saturated heterocycles. The molecule has 0 radical (unpaired) electrons. The van der Waals surface area contributed by atoms with Gasteiger partial charge in [-0.05, 0) is 32.3 Å². The zero-order valence-corrected chi connectivity index (χ0v) is 11.3. The molecule has 3 N–H and O–H groups in total. The summed E-state index contributed by atoms with van der Waals surface area (Å²) in [5.74, 6) is -0.0178. The van der Waals surface area contributed by atoms with E-state index < -0.39 is 0 Å². The first kappa shape index (κ1) is 12.8. The predicted molar refractivity (Wildman–Crippen MR) is 75.8 cm³/mol. The van der Waals surface area contributed by atoms with Gasteiger partial charge in [0.25, 0.3) is 0 Å². The van der Waals surface area contributed by atoms with Crippen LogP contribution in [-0.4, -0.2) is 36.4 Å². The maximum Gasteiger partial charge on any atom is 0.227 e. The van der Waals surface area contributed by atoms with Crippen LogP contribution in [0.25, 0.3) is 10.2 Å². The van der Waals surface area contributed by atoms with Crippen LogP contribution in [-0.2, 0) is 4.79 Å². The summed E-state index contributed by atoms with van der Waals surface area (Å²) in [5.41, 5.74) is 7.27. The molecule has 18 heavy (non-hydrogen) atoms. The van der Waals surface area contributed by atoms with Gasteiger partial charge in [-0.25, -0.2) is 4.98 Å². The summed E-state index contributed by atoms with van der Waals surface area (Å²) < 4.78 is 0.984. The van der Waals surface area contributed by atoms with Crippen LogP contribution in [0, 0.1) is 0 Å². The number of aromatic nitrogens is 1. The topological polar surface area (TPSA) is 71.2 Å². The van der Waals surface area contributed by atoms with Crippen molar-refractivity contribution in [1.29, 1.82) is 0 Å². The molecule has 96 valence electrons. The minimum Gasteiger partial charge on any atom is -0.399 e. The summed E-state index contributed by atoms with van der Waals surface area (Å²) in [7, 11) is 3.88. The van der Waals surface area contributed by atoms with E-state index in [9.17, 15) is 4.79 Å². The van der Waals surface area contributed by atoms with Crippen molar-refractivity contribution in [2.24, 2.45) is 0 Å². The van der Waals surface area contributed by atoms with Crippen molar-refractivity contribution in [1.82, 2.24) is 9.88 Å². The fraction of sp³-hybridized carbons (Fsp3) is 0.333. The number of nitrogens with zero attached hydrogens (tertiary/aromatic N) is 2. The zero-order chi connectivity index (χ0) is 13.1. The Hall–Kier alpha value is -1.66. The Balaban J connectivity index is 2.05. The van der Waals surface area contributed by atoms with Crippen LogP contribution in [0.2, 0.25) is 0 Å². The third-order valence-corrected chi connectivity index (χ3v) is 3.38. The molecule has 0 saturated carbocycles. The maximum absolute atomic E-state index is 11.7. The second-order valence-corrected chi connectivity index (χ2v) is 5.38. The summed E-state index contributed by atoms with van der Waals surface area (Å²) in [5, 5.41) is 3.43. The van der Waals surface area contributed by atoms with Crippen molar-refractivity contribution in [3.63, 3.8) is 0 Å². The minimum absolute atomic E-state index is 0.0178. The zero-order valence-electron chi connectivity index (χ0n) is 10.4. The van der Waals surface area contributed by atoms with E-state index >= 15 is 0 Å². The number of nitrogen functional groups attached to an aromatic ring is 1. The fourth-order valence-corrected chi connectivity index (χ4v) is 2.43. The van der Waals surface area contributed by atoms with E-state index in [4.69, 9.17) is 5.73 Å². The molecule has 0 unspecified atom stereocenters. The number of hydrogen-bond acceptors (Lipinski definition) is 5. The van der Waals surface area contributed by atoms with Crippen molar-refractivity contribution in [3.05, 3.63) is 18.2 Å². The van der Waals surface area contributed by atoms with Gasteiger partial charge in [0.1, 0.15) is 0 Å². The number of carbonyl (C=O) groups is 1. The highest BCUT2D eigenvalue weighted by Gasteiger charge is 2.08. The Morgan fingerprint density at radius 3 is 3.00 bits per heavy atom. The van der Waals surface area contributed by atoms with E-state index in [2.05, 4.69) is 10.3 Å². The van der Waals surface area contributed by atoms with E-state index in [0.717, 1.165) is 16.8 Å². The lowest BCUT2D eigenvalue weighted by Gasteiger charge is -2.07. The number of rotatable bonds is 4. The number of fused-ring (bicyclic) bond motifs is 1. The first-order chi connectivity index (χ1) is 8.54. The van der Waals surface area contributed by atoms with Gasteiger partial charge in [-0.2, -0.15) is 0 Å². The monoisotopic (exact) mass is 264 g/mol. The number of carbonyl (C=O) groups excluding carboxylic acids is 1. The maximum atomic E-state index is 11.7. The molecule has 5 nitrogen and oxygen atoms in total. The summed E-state index contributed by atoms with van der Waals surface area (Å²) in [4.78, 5) is 18.0. The van der Waals surface area contributed by atoms with Gasteiger partial charge >= 0.3 is 0 Å². The van der Waals surface area contributed by atoms with E-state index in [-0.39, 0.29) is 5.91 Å². The molecule has 2 aromatic rings. The van der Waals surface area contributed by atoms with Crippen LogP contribution in [0.4, 0.5) is 10.8 Å². The smallest absolute Gasteiger partial charge is 0.227 e. The highest BCUT2D eigenvalue weighted by atomic mass is 32.1. The van der Waals surface area contributed by atoms with Crippen molar-refractivity contribution >= 4 is 38.3 Å². The Morgan fingerprint density at radius 1 is 1.50 bits per heavy atom. The van der Waals surface area contributed by atoms with E-state index in [1.165, 1.54) is 11.3 Å². The Labute approximate surface area is 110 Å². The number of amides is 1. The van der Waals surface area contributed by atoms with Gasteiger partial charge in [0.2, 0.25) is 5.91 Å². The summed E-state index contributed by atoms with van der Waals surface area (Å²) >= 11 is 1.44. The van der Waals surface area contributed by atoms with Gasteiger partial charge in [-0.3, -0.25) is 4.79 Å². The largest absolute Gasteiger partial charge is 0.399 e. The third-order valence-electron chi connectivity index (χ3n) is 2.44. The molecule has 0 aliphatic heterocycles. The van der Waals surface area contributed by atoms with Crippen LogP contribution in [0.5, 0.6) is 0 Å². The van der Waals surface area contributed by atoms with Gasteiger partial charge in [0.15, 0.2) is 5.13 Å². The predicted octanol–water partition coefficient (Wildman–Crippen LogP) is 1.77. The molecular weight excluding hydrogens is 248 g/mol. The lowest BCUT2D eigenvalue weighted by atomic mass is 10.3. The van der Waals surface area contributed by atoms with Gasteiger partial charge in [-0.15, -0.1) is 0 Å². The molecule has 0 aliphatic rings. The summed E-state index contributed by atoms with van der Waals surface area (Å²) in [6.07, 6.45) is 0.463. The van der Waals surface area contributed by atoms with Gasteiger partial charge in [0.05, 0.1) is 10.2 Å². The molecule has 0 spiro atoms. The Morgan fingerprint density at radius 2 is 2.28 bits per heavy atom. The first-order valence-corrected chi connectivity index (χ1v) is 6.47. The molecule has 0 fully saturated rings. The van der Waals surface area contributed by atoms with E-state index in [0.29, 0.717) is 17.2 Å². The van der Waals surface area contributed by atoms with E-state index in [1.807, 2.05) is 31.1 Å². The highest BCUT2D eigenvalue weighted by Crippen LogP contribution is 2.27. The second kappa shape index (κ2) is 5.32. The molecule has 1 aromatic heterocycles. The molecule has 1 heterocycles. The van der Waals surface area contributed by atoms with E-state index in [1.54, 1.807) is 6.07 Å². The molecule has 0 atom stereocenters. The third kappa shape index (κ3) is 3.18. The van der Waals surface area contributed by atoms with Crippen molar-refractivity contribution in [2.45, 2.75) is 6.42 Å². The normalized spacial score (nSPS) is 11.1. The highest BCUT2D eigenvalue weighted by molar-refractivity contribution is 7.22. The Bertz CT molecular complexity index is 564. The van der Waals surface area contributed by atoms with Crippen LogP contribution in [0.1, 0.15) is 6.42 Å². The molecular formula is C12H16N4OS. The second-order valence-electron chi connectivity index (χ2n) is 4.35. The van der Waals surface area contributed by atoms with Crippen molar-refractivity contribution in [3.8, 4) is 0 Å². The average Bonchev–Trinajstić information content (AvgIpc) is 2.67. The molecule has 1 amide bonds. The average molecular weight is 264 g/mol. The van der Waals surface area contributed by atoms with Crippen LogP contribution in [0.15, 0.2) is 18.2 Å². The lowest BCUT2D eigenvalue weighted by Crippen LogP contribution is -2.20. The molecule has 2 rings (SSSR count). The van der Waals surface area contributed by atoms with Crippen LogP contribution in [0.3, 0.4) is 0 Å². The molecule has 6 heteroatoms. The Kier molecular flexibility index (Phi) is 3.78. The number of nitrogens with two attached hydrogens (primary N) is 1. The van der Waals surface area contributed by atoms with Crippen LogP contribution < -0.4 is 11.1 Å². The van der Waals surface area contributed by atoms with Crippen molar-refractivity contribution in [2.75, 3.05) is 31.7 Å².